The zero-order chi connectivity index (χ0) is 18.1. The lowest BCUT2D eigenvalue weighted by atomic mass is 9.66. The van der Waals surface area contributed by atoms with E-state index < -0.39 is 11.4 Å². The van der Waals surface area contributed by atoms with E-state index in [-0.39, 0.29) is 12.3 Å². The summed E-state index contributed by atoms with van der Waals surface area (Å²) in [6.07, 6.45) is 3.81. The molecule has 1 amide bonds. The van der Waals surface area contributed by atoms with E-state index >= 15 is 0 Å². The second-order valence-corrected chi connectivity index (χ2v) is 6.81. The van der Waals surface area contributed by atoms with E-state index in [9.17, 15) is 14.7 Å². The van der Waals surface area contributed by atoms with Crippen LogP contribution in [-0.2, 0) is 9.59 Å². The molecule has 1 aromatic heterocycles. The van der Waals surface area contributed by atoms with Gasteiger partial charge in [-0.3, -0.25) is 14.2 Å². The maximum atomic E-state index is 12.2. The number of benzene rings is 2. The highest BCUT2D eigenvalue weighted by atomic mass is 16.4. The van der Waals surface area contributed by atoms with E-state index in [2.05, 4.69) is 10.3 Å². The van der Waals surface area contributed by atoms with E-state index in [1.165, 1.54) is 0 Å². The fraction of sp³-hybridized carbons (Fsp3) is 0.250. The maximum absolute atomic E-state index is 12.2. The predicted octanol–water partition coefficient (Wildman–Crippen LogP) is 3.61. The van der Waals surface area contributed by atoms with Crippen molar-refractivity contribution in [2.24, 2.45) is 5.41 Å². The number of carbonyl (C=O) groups excluding carboxylic acids is 1. The number of anilines is 1. The number of fused-ring (bicyclic) bond motifs is 1. The molecule has 0 saturated heterocycles. The Kier molecular flexibility index (Phi) is 3.95. The predicted molar refractivity (Wildman–Crippen MR) is 98.2 cm³/mol. The van der Waals surface area contributed by atoms with Crippen molar-refractivity contribution in [3.63, 3.8) is 0 Å². The average molecular weight is 349 g/mol. The lowest BCUT2D eigenvalue weighted by molar-refractivity contribution is -0.157. The lowest BCUT2D eigenvalue weighted by Gasteiger charge is -2.36. The van der Waals surface area contributed by atoms with Crippen LogP contribution in [0.3, 0.4) is 0 Å². The summed E-state index contributed by atoms with van der Waals surface area (Å²) in [5.74, 6) is -1.13. The van der Waals surface area contributed by atoms with Gasteiger partial charge < -0.3 is 10.4 Å². The van der Waals surface area contributed by atoms with Crippen LogP contribution < -0.4 is 5.32 Å². The molecule has 1 heterocycles. The van der Waals surface area contributed by atoms with Crippen LogP contribution in [-0.4, -0.2) is 26.5 Å². The molecular weight excluding hydrogens is 330 g/mol. The minimum atomic E-state index is -0.875. The summed E-state index contributed by atoms with van der Waals surface area (Å²) in [6.45, 7) is 0. The number of carboxylic acid groups (broad SMARTS) is 1. The molecule has 26 heavy (non-hydrogen) atoms. The summed E-state index contributed by atoms with van der Waals surface area (Å²) in [5, 5.41) is 12.1. The number of aromatic nitrogens is 2. The van der Waals surface area contributed by atoms with Crippen LogP contribution in [0.4, 0.5) is 5.69 Å². The number of hydrogen-bond acceptors (Lipinski definition) is 3. The number of carbonyl (C=O) groups is 2. The van der Waals surface area contributed by atoms with Crippen LogP contribution in [0.1, 0.15) is 25.7 Å². The average Bonchev–Trinajstić information content (AvgIpc) is 3.02. The van der Waals surface area contributed by atoms with Crippen LogP contribution in [0, 0.1) is 5.41 Å². The van der Waals surface area contributed by atoms with E-state index in [1.807, 2.05) is 53.1 Å². The first-order valence-electron chi connectivity index (χ1n) is 8.63. The molecule has 1 aliphatic carbocycles. The summed E-state index contributed by atoms with van der Waals surface area (Å²) >= 11 is 0. The Hall–Kier alpha value is -3.15. The third-order valence-electron chi connectivity index (χ3n) is 5.15. The third kappa shape index (κ3) is 2.83. The molecule has 2 aromatic carbocycles. The van der Waals surface area contributed by atoms with Gasteiger partial charge in [0.1, 0.15) is 6.33 Å². The minimum Gasteiger partial charge on any atom is -0.481 e. The van der Waals surface area contributed by atoms with Crippen molar-refractivity contribution in [3.05, 3.63) is 54.9 Å². The number of rotatable bonds is 5. The summed E-state index contributed by atoms with van der Waals surface area (Å²) in [4.78, 5) is 28.0. The normalized spacial score (nSPS) is 15.4. The zero-order valence-electron chi connectivity index (χ0n) is 14.2. The molecule has 132 valence electrons. The van der Waals surface area contributed by atoms with E-state index in [4.69, 9.17) is 0 Å². The molecular formula is C20H19N3O3. The molecule has 0 aliphatic heterocycles. The smallest absolute Gasteiger partial charge is 0.310 e. The summed E-state index contributed by atoms with van der Waals surface area (Å²) in [5.41, 5.74) is 2.66. The van der Waals surface area contributed by atoms with Crippen molar-refractivity contribution < 1.29 is 14.7 Å². The highest BCUT2D eigenvalue weighted by molar-refractivity contribution is 5.94. The molecule has 6 heteroatoms. The first-order valence-corrected chi connectivity index (χ1v) is 8.63. The van der Waals surface area contributed by atoms with Crippen LogP contribution in [0.15, 0.2) is 54.9 Å². The van der Waals surface area contributed by atoms with Crippen molar-refractivity contribution >= 4 is 28.6 Å². The van der Waals surface area contributed by atoms with Crippen LogP contribution >= 0.6 is 0 Å². The first kappa shape index (κ1) is 16.3. The molecule has 4 rings (SSSR count). The Morgan fingerprint density at radius 2 is 1.85 bits per heavy atom. The summed E-state index contributed by atoms with van der Waals surface area (Å²) < 4.78 is 1.98. The van der Waals surface area contributed by atoms with Crippen LogP contribution in [0.2, 0.25) is 0 Å². The number of aliphatic carboxylic acids is 1. The van der Waals surface area contributed by atoms with Gasteiger partial charge in [0.05, 0.1) is 16.4 Å². The Bertz CT molecular complexity index is 971. The Balaban J connectivity index is 1.48. The fourth-order valence-electron chi connectivity index (χ4n) is 3.45. The number of nitrogens with zero attached hydrogens (tertiary/aromatic N) is 2. The van der Waals surface area contributed by atoms with Crippen LogP contribution in [0.5, 0.6) is 0 Å². The van der Waals surface area contributed by atoms with Crippen molar-refractivity contribution in [2.75, 3.05) is 5.32 Å². The number of nitrogens with one attached hydrogen (secondary N) is 1. The van der Waals surface area contributed by atoms with Gasteiger partial charge in [0.2, 0.25) is 5.91 Å². The molecule has 0 radical (unpaired) electrons. The monoisotopic (exact) mass is 349 g/mol. The third-order valence-corrected chi connectivity index (χ3v) is 5.15. The summed E-state index contributed by atoms with van der Waals surface area (Å²) in [7, 11) is 0. The van der Waals surface area contributed by atoms with Crippen molar-refractivity contribution in [1.82, 2.24) is 9.55 Å². The number of amides is 1. The molecule has 0 spiro atoms. The molecule has 0 atom stereocenters. The number of imidazole rings is 1. The molecule has 0 bridgehead atoms. The lowest BCUT2D eigenvalue weighted by Crippen LogP contribution is -2.41. The molecule has 3 aromatic rings. The van der Waals surface area contributed by atoms with Gasteiger partial charge in [0, 0.05) is 17.8 Å². The molecule has 2 N–H and O–H groups in total. The molecule has 0 unspecified atom stereocenters. The Labute approximate surface area is 150 Å². The van der Waals surface area contributed by atoms with Gasteiger partial charge in [-0.1, -0.05) is 18.6 Å². The SMILES string of the molecule is O=C(CC1(C(=O)O)CCC1)Nc1ccc(-n2cnc3ccccc32)cc1. The van der Waals surface area contributed by atoms with Crippen LogP contribution in [0.25, 0.3) is 16.7 Å². The van der Waals surface area contributed by atoms with Gasteiger partial charge in [-0.25, -0.2) is 4.98 Å². The van der Waals surface area contributed by atoms with Crippen molar-refractivity contribution in [2.45, 2.75) is 25.7 Å². The molecule has 1 fully saturated rings. The van der Waals surface area contributed by atoms with Gasteiger partial charge in [-0.2, -0.15) is 0 Å². The van der Waals surface area contributed by atoms with Gasteiger partial charge in [0.25, 0.3) is 0 Å². The van der Waals surface area contributed by atoms with Gasteiger partial charge >= 0.3 is 5.97 Å². The van der Waals surface area contributed by atoms with Gasteiger partial charge in [0.15, 0.2) is 0 Å². The molecule has 1 saturated carbocycles. The van der Waals surface area contributed by atoms with Gasteiger partial charge in [-0.05, 0) is 49.2 Å². The number of hydrogen-bond donors (Lipinski definition) is 2. The first-order chi connectivity index (χ1) is 12.6. The maximum Gasteiger partial charge on any atom is 0.310 e. The minimum absolute atomic E-state index is 0.0241. The Morgan fingerprint density at radius 3 is 2.50 bits per heavy atom. The van der Waals surface area contributed by atoms with E-state index in [0.29, 0.717) is 18.5 Å². The molecule has 1 aliphatic rings. The zero-order valence-corrected chi connectivity index (χ0v) is 14.2. The highest BCUT2D eigenvalue weighted by Gasteiger charge is 2.45. The number of carboxylic acids is 1. The highest BCUT2D eigenvalue weighted by Crippen LogP contribution is 2.44. The fourth-order valence-corrected chi connectivity index (χ4v) is 3.45. The second-order valence-electron chi connectivity index (χ2n) is 6.81. The van der Waals surface area contributed by atoms with E-state index in [0.717, 1.165) is 23.1 Å². The van der Waals surface area contributed by atoms with Gasteiger partial charge in [-0.15, -0.1) is 0 Å². The topological polar surface area (TPSA) is 84.2 Å². The van der Waals surface area contributed by atoms with Crippen molar-refractivity contribution in [3.8, 4) is 5.69 Å². The second kappa shape index (κ2) is 6.29. The summed E-state index contributed by atoms with van der Waals surface area (Å²) in [6, 6.07) is 15.3. The Morgan fingerprint density at radius 1 is 1.12 bits per heavy atom. The largest absolute Gasteiger partial charge is 0.481 e. The van der Waals surface area contributed by atoms with E-state index in [1.54, 1.807) is 6.33 Å². The quantitative estimate of drug-likeness (QED) is 0.737. The number of para-hydroxylation sites is 2. The van der Waals surface area contributed by atoms with Crippen molar-refractivity contribution in [1.29, 1.82) is 0 Å². The standard InChI is InChI=1S/C20H19N3O3/c24-18(12-20(19(25)26)10-3-11-20)22-14-6-8-15(9-7-14)23-13-21-16-4-1-2-5-17(16)23/h1-2,4-9,13H,3,10-12H2,(H,22,24)(H,25,26). The molecule has 6 nitrogen and oxygen atoms in total.